The summed E-state index contributed by atoms with van der Waals surface area (Å²) in [6, 6.07) is 7.53. The largest absolute Gasteiger partial charge is 0.508 e. The maximum atomic E-state index is 9.76. The molecule has 1 aromatic rings. The number of hydrogen-bond acceptors (Lipinski definition) is 2. The molecule has 0 spiro atoms. The summed E-state index contributed by atoms with van der Waals surface area (Å²) in [6.45, 7) is 1.28. The summed E-state index contributed by atoms with van der Waals surface area (Å²) >= 11 is 0. The molecule has 1 unspecified atom stereocenters. The average molecular weight is 285 g/mol. The van der Waals surface area contributed by atoms with E-state index in [9.17, 15) is 5.11 Å². The minimum Gasteiger partial charge on any atom is -0.508 e. The lowest BCUT2D eigenvalue weighted by Gasteiger charge is -2.49. The number of phenolic OH excluding ortho intramolecular Hbond substituents is 1. The van der Waals surface area contributed by atoms with Crippen molar-refractivity contribution < 1.29 is 5.11 Å². The topological polar surface area (TPSA) is 23.5 Å². The van der Waals surface area contributed by atoms with Crippen LogP contribution in [-0.2, 0) is 6.42 Å². The molecule has 0 aromatic heterocycles. The Labute approximate surface area is 128 Å². The zero-order valence-corrected chi connectivity index (χ0v) is 12.9. The summed E-state index contributed by atoms with van der Waals surface area (Å²) in [5.74, 6) is 1.39. The number of aryl methyl sites for hydroxylation is 1. The number of likely N-dealkylation sites (tertiary alicyclic amines) is 1. The first kappa shape index (κ1) is 13.6. The Morgan fingerprint density at radius 3 is 2.76 bits per heavy atom. The second kappa shape index (κ2) is 5.64. The van der Waals surface area contributed by atoms with E-state index in [4.69, 9.17) is 0 Å². The Balaban J connectivity index is 1.64. The second-order valence-corrected chi connectivity index (χ2v) is 7.28. The monoisotopic (exact) mass is 285 g/mol. The third-order valence-corrected chi connectivity index (χ3v) is 6.10. The molecule has 1 aliphatic heterocycles. The second-order valence-electron chi connectivity index (χ2n) is 7.28. The highest BCUT2D eigenvalue weighted by Crippen LogP contribution is 2.43. The quantitative estimate of drug-likeness (QED) is 0.825. The van der Waals surface area contributed by atoms with Crippen molar-refractivity contribution in [3.05, 3.63) is 29.3 Å². The lowest BCUT2D eigenvalue weighted by atomic mass is 9.76. The van der Waals surface area contributed by atoms with E-state index in [2.05, 4.69) is 11.0 Å². The Morgan fingerprint density at radius 1 is 0.952 bits per heavy atom. The maximum absolute atomic E-state index is 9.76. The maximum Gasteiger partial charge on any atom is 0.115 e. The van der Waals surface area contributed by atoms with Crippen molar-refractivity contribution in [3.63, 3.8) is 0 Å². The predicted molar refractivity (Wildman–Crippen MR) is 85.5 cm³/mol. The van der Waals surface area contributed by atoms with E-state index in [1.54, 1.807) is 0 Å². The molecule has 0 radical (unpaired) electrons. The molecule has 2 nitrogen and oxygen atoms in total. The van der Waals surface area contributed by atoms with Crippen LogP contribution < -0.4 is 0 Å². The van der Waals surface area contributed by atoms with Gasteiger partial charge >= 0.3 is 0 Å². The van der Waals surface area contributed by atoms with Crippen LogP contribution in [0.25, 0.3) is 0 Å². The van der Waals surface area contributed by atoms with Gasteiger partial charge in [-0.15, -0.1) is 0 Å². The van der Waals surface area contributed by atoms with Gasteiger partial charge < -0.3 is 5.11 Å². The minimum absolute atomic E-state index is 0.434. The average Bonchev–Trinajstić information content (AvgIpc) is 2.53. The zero-order valence-electron chi connectivity index (χ0n) is 12.9. The molecule has 0 amide bonds. The predicted octanol–water partition coefficient (Wildman–Crippen LogP) is 4.42. The summed E-state index contributed by atoms with van der Waals surface area (Å²) in [4.78, 5) is 2.85. The van der Waals surface area contributed by atoms with E-state index in [-0.39, 0.29) is 0 Å². The van der Waals surface area contributed by atoms with Gasteiger partial charge in [0, 0.05) is 12.1 Å². The standard InChI is InChI=1S/C19H27NO/c21-16-10-11-17-15(13-16)6-3-9-19(17)20-12-4-7-14-5-1-2-8-18(14)20/h10-11,13-14,18-19,21H,1-9,12H2/t14-,18-,19?/m1/s1. The normalized spacial score (nSPS) is 33.2. The lowest BCUT2D eigenvalue weighted by molar-refractivity contribution is 0.0190. The van der Waals surface area contributed by atoms with Crippen molar-refractivity contribution in [2.45, 2.75) is 69.9 Å². The number of hydrogen-bond donors (Lipinski definition) is 1. The highest BCUT2D eigenvalue weighted by molar-refractivity contribution is 5.38. The number of nitrogens with zero attached hydrogens (tertiary/aromatic N) is 1. The van der Waals surface area contributed by atoms with Crippen molar-refractivity contribution in [3.8, 4) is 5.75 Å². The summed E-state index contributed by atoms with van der Waals surface area (Å²) in [7, 11) is 0. The van der Waals surface area contributed by atoms with Crippen LogP contribution in [0.2, 0.25) is 0 Å². The molecule has 2 heteroatoms. The van der Waals surface area contributed by atoms with Gasteiger partial charge in [-0.2, -0.15) is 0 Å². The van der Waals surface area contributed by atoms with E-state index >= 15 is 0 Å². The fourth-order valence-electron chi connectivity index (χ4n) is 5.17. The van der Waals surface area contributed by atoms with Crippen LogP contribution in [-0.4, -0.2) is 22.6 Å². The summed E-state index contributed by atoms with van der Waals surface area (Å²) in [5, 5.41) is 9.76. The molecule has 1 N–H and O–H groups in total. The van der Waals surface area contributed by atoms with Crippen LogP contribution in [0.4, 0.5) is 0 Å². The molecule has 114 valence electrons. The fraction of sp³-hybridized carbons (Fsp3) is 0.684. The molecule has 21 heavy (non-hydrogen) atoms. The van der Waals surface area contributed by atoms with Crippen molar-refractivity contribution in [2.24, 2.45) is 5.92 Å². The molecular formula is C19H27NO. The molecular weight excluding hydrogens is 258 g/mol. The Kier molecular flexibility index (Phi) is 3.66. The number of fused-ring (bicyclic) bond motifs is 2. The van der Waals surface area contributed by atoms with Gasteiger partial charge in [-0.25, -0.2) is 0 Å². The summed E-state index contributed by atoms with van der Waals surface area (Å²) < 4.78 is 0. The zero-order chi connectivity index (χ0) is 14.2. The summed E-state index contributed by atoms with van der Waals surface area (Å²) in [6.07, 6.45) is 12.3. The van der Waals surface area contributed by atoms with Gasteiger partial charge in [0.15, 0.2) is 0 Å². The first-order chi connectivity index (χ1) is 10.3. The van der Waals surface area contributed by atoms with Gasteiger partial charge in [0.2, 0.25) is 0 Å². The van der Waals surface area contributed by atoms with Crippen LogP contribution in [0.5, 0.6) is 5.75 Å². The molecule has 2 fully saturated rings. The minimum atomic E-state index is 0.434. The van der Waals surface area contributed by atoms with Crippen LogP contribution >= 0.6 is 0 Å². The SMILES string of the molecule is Oc1ccc2c(c1)CCCC2N1CCC[C@H]2CCCC[C@H]21. The third-order valence-electron chi connectivity index (χ3n) is 6.10. The summed E-state index contributed by atoms with van der Waals surface area (Å²) in [5.41, 5.74) is 2.90. The van der Waals surface area contributed by atoms with Gasteiger partial charge in [0.05, 0.1) is 0 Å². The highest BCUT2D eigenvalue weighted by Gasteiger charge is 2.38. The number of phenols is 1. The first-order valence-corrected chi connectivity index (χ1v) is 8.90. The van der Waals surface area contributed by atoms with Crippen LogP contribution in [0.1, 0.15) is 68.5 Å². The van der Waals surface area contributed by atoms with E-state index in [1.165, 1.54) is 69.0 Å². The molecule has 1 saturated carbocycles. The number of rotatable bonds is 1. The van der Waals surface area contributed by atoms with Gasteiger partial charge in [-0.3, -0.25) is 4.90 Å². The molecule has 2 aliphatic carbocycles. The van der Waals surface area contributed by atoms with Crippen LogP contribution in [0, 0.1) is 5.92 Å². The molecule has 3 atom stereocenters. The Morgan fingerprint density at radius 2 is 1.81 bits per heavy atom. The molecule has 3 aliphatic rings. The van der Waals surface area contributed by atoms with Crippen LogP contribution in [0.3, 0.4) is 0 Å². The smallest absolute Gasteiger partial charge is 0.115 e. The lowest BCUT2D eigenvalue weighted by Crippen LogP contribution is -2.48. The number of piperidine rings is 1. The van der Waals surface area contributed by atoms with E-state index in [0.29, 0.717) is 11.8 Å². The Hall–Kier alpha value is -1.02. The Bertz CT molecular complexity index is 510. The molecule has 1 heterocycles. The third kappa shape index (κ3) is 2.48. The van der Waals surface area contributed by atoms with Crippen molar-refractivity contribution in [2.75, 3.05) is 6.54 Å². The number of benzene rings is 1. The van der Waals surface area contributed by atoms with Gasteiger partial charge in [0.1, 0.15) is 5.75 Å². The number of aromatic hydroxyl groups is 1. The van der Waals surface area contributed by atoms with E-state index in [1.807, 2.05) is 12.1 Å². The van der Waals surface area contributed by atoms with Gasteiger partial charge in [-0.05, 0) is 80.7 Å². The van der Waals surface area contributed by atoms with Crippen LogP contribution in [0.15, 0.2) is 18.2 Å². The fourth-order valence-corrected chi connectivity index (χ4v) is 5.17. The van der Waals surface area contributed by atoms with Gasteiger partial charge in [-0.1, -0.05) is 18.9 Å². The molecule has 4 rings (SSSR count). The first-order valence-electron chi connectivity index (χ1n) is 8.90. The molecule has 1 saturated heterocycles. The van der Waals surface area contributed by atoms with E-state index < -0.39 is 0 Å². The van der Waals surface area contributed by atoms with Crippen molar-refractivity contribution in [1.82, 2.24) is 4.90 Å². The van der Waals surface area contributed by atoms with E-state index in [0.717, 1.165) is 18.4 Å². The van der Waals surface area contributed by atoms with Crippen molar-refractivity contribution >= 4 is 0 Å². The van der Waals surface area contributed by atoms with Gasteiger partial charge in [0.25, 0.3) is 0 Å². The molecule has 1 aromatic carbocycles. The highest BCUT2D eigenvalue weighted by atomic mass is 16.3. The van der Waals surface area contributed by atoms with Crippen molar-refractivity contribution in [1.29, 1.82) is 0 Å². The molecule has 0 bridgehead atoms.